The van der Waals surface area contributed by atoms with Gasteiger partial charge in [0.15, 0.2) is 0 Å². The Labute approximate surface area is 149 Å². The third-order valence-electron chi connectivity index (χ3n) is 2.67. The Hall–Kier alpha value is -1.72. The van der Waals surface area contributed by atoms with Gasteiger partial charge in [-0.1, -0.05) is 29.8 Å². The molecule has 0 unspecified atom stereocenters. The van der Waals surface area contributed by atoms with E-state index in [1.807, 2.05) is 30.3 Å². The second kappa shape index (κ2) is 7.23. The minimum Gasteiger partial charge on any atom is -0.456 e. The molecule has 2 rings (SSSR count). The number of halogens is 2. The molecule has 0 N–H and O–H groups in total. The molecule has 0 aromatic heterocycles. The highest BCUT2D eigenvalue weighted by Crippen LogP contribution is 2.34. The fraction of sp³-hybridized carbons (Fsp3) is 0.235. The Balaban J connectivity index is 2.21. The Bertz CT molecular complexity index is 686. The minimum absolute atomic E-state index is 0.447. The molecule has 0 atom stereocenters. The second-order valence-electron chi connectivity index (χ2n) is 5.79. The summed E-state index contributed by atoms with van der Waals surface area (Å²) in [5.74, 6) is 1.10. The number of carbonyl (C=O) groups is 1. The Morgan fingerprint density at radius 3 is 2.39 bits per heavy atom. The van der Waals surface area contributed by atoms with Crippen LogP contribution in [0.1, 0.15) is 20.8 Å². The van der Waals surface area contributed by atoms with Gasteiger partial charge in [0, 0.05) is 6.07 Å². The van der Waals surface area contributed by atoms with Gasteiger partial charge in [-0.3, -0.25) is 0 Å². The minimum atomic E-state index is -0.584. The van der Waals surface area contributed by atoms with Gasteiger partial charge in [0.05, 0.1) is 26.9 Å². The quantitative estimate of drug-likeness (QED) is 0.579. The monoisotopic (exact) mass is 397 g/mol. The normalized spacial score (nSPS) is 11.0. The standard InChI is InChI=1S/C17H17BrClNO3/c1-17(2,3)23-16(21)20(18)12-9-10-14(19)15(11-12)22-13-7-5-4-6-8-13/h4-11H,1-3H3. The molecule has 2 aromatic rings. The van der Waals surface area contributed by atoms with Crippen LogP contribution in [-0.2, 0) is 4.74 Å². The van der Waals surface area contributed by atoms with E-state index in [9.17, 15) is 4.79 Å². The molecule has 0 aliphatic heterocycles. The van der Waals surface area contributed by atoms with Crippen molar-refractivity contribution in [2.75, 3.05) is 3.93 Å². The number of rotatable bonds is 3. The molecule has 1 amide bonds. The van der Waals surface area contributed by atoms with Crippen molar-refractivity contribution in [3.63, 3.8) is 0 Å². The molecule has 0 heterocycles. The highest BCUT2D eigenvalue weighted by Gasteiger charge is 2.22. The molecule has 0 saturated heterocycles. The summed E-state index contributed by atoms with van der Waals surface area (Å²) < 4.78 is 12.3. The van der Waals surface area contributed by atoms with Gasteiger partial charge in [-0.15, -0.1) is 0 Å². The zero-order valence-corrected chi connectivity index (χ0v) is 15.4. The fourth-order valence-corrected chi connectivity index (χ4v) is 2.16. The van der Waals surface area contributed by atoms with Crippen molar-refractivity contribution in [2.45, 2.75) is 26.4 Å². The van der Waals surface area contributed by atoms with Crippen LogP contribution in [0.3, 0.4) is 0 Å². The van der Waals surface area contributed by atoms with Crippen LogP contribution < -0.4 is 8.66 Å². The lowest BCUT2D eigenvalue weighted by atomic mass is 10.2. The number of amides is 1. The van der Waals surface area contributed by atoms with Crippen LogP contribution >= 0.6 is 27.7 Å². The van der Waals surface area contributed by atoms with E-state index in [4.69, 9.17) is 21.1 Å². The van der Waals surface area contributed by atoms with E-state index < -0.39 is 11.7 Å². The van der Waals surface area contributed by atoms with Crippen molar-refractivity contribution in [3.8, 4) is 11.5 Å². The largest absolute Gasteiger partial charge is 0.456 e. The van der Waals surface area contributed by atoms with Crippen molar-refractivity contribution < 1.29 is 14.3 Å². The van der Waals surface area contributed by atoms with Crippen LogP contribution in [0.15, 0.2) is 48.5 Å². The lowest BCUT2D eigenvalue weighted by Gasteiger charge is -2.23. The fourth-order valence-electron chi connectivity index (χ4n) is 1.72. The van der Waals surface area contributed by atoms with Gasteiger partial charge < -0.3 is 9.47 Å². The third-order valence-corrected chi connectivity index (χ3v) is 3.68. The first-order valence-corrected chi connectivity index (χ1v) is 8.06. The zero-order valence-electron chi connectivity index (χ0n) is 13.0. The molecule has 122 valence electrons. The molecule has 6 heteroatoms. The van der Waals surface area contributed by atoms with Crippen LogP contribution in [0.2, 0.25) is 5.02 Å². The van der Waals surface area contributed by atoms with Crippen molar-refractivity contribution in [2.24, 2.45) is 0 Å². The van der Waals surface area contributed by atoms with E-state index >= 15 is 0 Å². The summed E-state index contributed by atoms with van der Waals surface area (Å²) in [4.78, 5) is 12.1. The molecule has 0 fully saturated rings. The van der Waals surface area contributed by atoms with Gasteiger partial charge in [0.1, 0.15) is 17.1 Å². The number of ether oxygens (including phenoxy) is 2. The maximum Gasteiger partial charge on any atom is 0.425 e. The van der Waals surface area contributed by atoms with Crippen LogP contribution in [-0.4, -0.2) is 11.7 Å². The smallest absolute Gasteiger partial charge is 0.425 e. The van der Waals surface area contributed by atoms with E-state index in [-0.39, 0.29) is 0 Å². The molecule has 2 aromatic carbocycles. The summed E-state index contributed by atoms with van der Waals surface area (Å²) in [6.45, 7) is 5.41. The maximum atomic E-state index is 12.1. The van der Waals surface area contributed by atoms with Crippen molar-refractivity contribution in [3.05, 3.63) is 53.6 Å². The van der Waals surface area contributed by atoms with E-state index in [1.165, 1.54) is 3.93 Å². The summed E-state index contributed by atoms with van der Waals surface area (Å²) in [5, 5.41) is 0.447. The lowest BCUT2D eigenvalue weighted by Crippen LogP contribution is -2.30. The molecule has 0 saturated carbocycles. The van der Waals surface area contributed by atoms with E-state index in [2.05, 4.69) is 16.1 Å². The number of anilines is 1. The summed E-state index contributed by atoms with van der Waals surface area (Å²) >= 11 is 9.37. The zero-order chi connectivity index (χ0) is 17.0. The number of hydrogen-bond acceptors (Lipinski definition) is 3. The maximum absolute atomic E-state index is 12.1. The molecular formula is C17H17BrClNO3. The van der Waals surface area contributed by atoms with Crippen molar-refractivity contribution in [1.82, 2.24) is 0 Å². The van der Waals surface area contributed by atoms with Crippen LogP contribution in [0.5, 0.6) is 11.5 Å². The predicted molar refractivity (Wildman–Crippen MR) is 95.6 cm³/mol. The van der Waals surface area contributed by atoms with Gasteiger partial charge in [0.25, 0.3) is 0 Å². The number of carbonyl (C=O) groups excluding carboxylic acids is 1. The number of para-hydroxylation sites is 1. The predicted octanol–water partition coefficient (Wildman–Crippen LogP) is 6.18. The molecule has 4 nitrogen and oxygen atoms in total. The van der Waals surface area contributed by atoms with E-state index in [0.29, 0.717) is 22.2 Å². The van der Waals surface area contributed by atoms with Gasteiger partial charge >= 0.3 is 6.09 Å². The summed E-state index contributed by atoms with van der Waals surface area (Å²) in [5.41, 5.74) is -0.0339. The molecular weight excluding hydrogens is 382 g/mol. The summed E-state index contributed by atoms with van der Waals surface area (Å²) in [6.07, 6.45) is -0.523. The molecule has 23 heavy (non-hydrogen) atoms. The van der Waals surface area contributed by atoms with Gasteiger partial charge in [-0.2, -0.15) is 0 Å². The average molecular weight is 399 g/mol. The molecule has 0 radical (unpaired) electrons. The van der Waals surface area contributed by atoms with E-state index in [0.717, 1.165) is 0 Å². The number of benzene rings is 2. The molecule has 0 aliphatic rings. The van der Waals surface area contributed by atoms with Gasteiger partial charge in [-0.25, -0.2) is 8.72 Å². The highest BCUT2D eigenvalue weighted by atomic mass is 79.9. The first-order valence-electron chi connectivity index (χ1n) is 6.97. The summed E-state index contributed by atoms with van der Waals surface area (Å²) in [6, 6.07) is 14.3. The van der Waals surface area contributed by atoms with Crippen LogP contribution in [0.4, 0.5) is 10.5 Å². The average Bonchev–Trinajstić information content (AvgIpc) is 2.48. The number of hydrogen-bond donors (Lipinski definition) is 0. The Kier molecular flexibility index (Phi) is 5.55. The third kappa shape index (κ3) is 5.15. The topological polar surface area (TPSA) is 38.8 Å². The summed E-state index contributed by atoms with van der Waals surface area (Å²) in [7, 11) is 0. The van der Waals surface area contributed by atoms with E-state index in [1.54, 1.807) is 39.0 Å². The SMILES string of the molecule is CC(C)(C)OC(=O)N(Br)c1ccc(Cl)c(Oc2ccccc2)c1. The highest BCUT2D eigenvalue weighted by molar-refractivity contribution is 9.10. The molecule has 0 aliphatic carbocycles. The second-order valence-corrected chi connectivity index (χ2v) is 6.91. The first-order chi connectivity index (χ1) is 10.8. The van der Waals surface area contributed by atoms with Gasteiger partial charge in [-0.05, 0) is 45.0 Å². The van der Waals surface area contributed by atoms with Crippen molar-refractivity contribution >= 4 is 39.5 Å². The molecule has 0 spiro atoms. The van der Waals surface area contributed by atoms with Gasteiger partial charge in [0.2, 0.25) is 0 Å². The molecule has 0 bridgehead atoms. The lowest BCUT2D eigenvalue weighted by molar-refractivity contribution is 0.0614. The Morgan fingerprint density at radius 2 is 1.78 bits per heavy atom. The Morgan fingerprint density at radius 1 is 1.13 bits per heavy atom. The number of nitrogens with zero attached hydrogens (tertiary/aromatic N) is 1. The first kappa shape index (κ1) is 17.6. The van der Waals surface area contributed by atoms with Crippen LogP contribution in [0.25, 0.3) is 0 Å². The van der Waals surface area contributed by atoms with Crippen LogP contribution in [0, 0.1) is 0 Å². The van der Waals surface area contributed by atoms with Crippen molar-refractivity contribution in [1.29, 1.82) is 0 Å².